The van der Waals surface area contributed by atoms with E-state index in [-0.39, 0.29) is 16.9 Å². The summed E-state index contributed by atoms with van der Waals surface area (Å²) >= 11 is 2.24. The molecule has 8 N–H and O–H groups in total. The molecular weight excluding hydrogens is 1140 g/mol. The Morgan fingerprint density at radius 1 is 0.595 bits per heavy atom. The number of alkyl halides is 6. The molecule has 0 aliphatic carbocycles. The fourth-order valence-corrected chi connectivity index (χ4v) is 9.63. The van der Waals surface area contributed by atoms with Gasteiger partial charge in [-0.25, -0.2) is 0 Å². The second kappa shape index (κ2) is 25.2. The van der Waals surface area contributed by atoms with Crippen molar-refractivity contribution in [2.45, 2.75) is 25.4 Å². The number of fused-ring (bicyclic) bond motifs is 2. The lowest BCUT2D eigenvalue weighted by Gasteiger charge is -2.32. The van der Waals surface area contributed by atoms with Crippen LogP contribution in [-0.4, -0.2) is 118 Å². The predicted molar refractivity (Wildman–Crippen MR) is 305 cm³/mol. The van der Waals surface area contributed by atoms with Gasteiger partial charge in [-0.2, -0.15) is 36.5 Å². The van der Waals surface area contributed by atoms with Gasteiger partial charge in [-0.1, -0.05) is 42.0 Å². The summed E-state index contributed by atoms with van der Waals surface area (Å²) in [6, 6.07) is 31.9. The smallest absolute Gasteiger partial charge is 0.382 e. The number of aromatic nitrogens is 4. The molecule has 2 amide bonds. The Kier molecular flexibility index (Phi) is 18.3. The molecule has 10 rings (SSSR count). The molecule has 2 fully saturated rings. The van der Waals surface area contributed by atoms with Crippen molar-refractivity contribution in [2.75, 3.05) is 88.6 Å². The van der Waals surface area contributed by atoms with Crippen molar-refractivity contribution < 1.29 is 35.9 Å². The standard InChI is InChI=1S/C29H27F3N6O.C22H22F3N3O.C7H6IN3/c1-37-10-12-38(13-11-37)18-20-15-23(29(30,31)32)17-24(16-20)34-28(39)22-6-2-4-19(14-22)8-9-21-5-3-7-25-26(21)27(33)36-35-25;1-3-16-5-4-6-18(11-16)21(29)26-20-13-17(12-19(14-20)22(23,24)25)15-28-9-7-27(2)8-10-28;8-4-2-1-3-5-6(4)7(9)11-10-5/h2-7,14-17H,10-13,18H2,1H3,(H,34,39)(H3,33,35,36);1,4-6,11-14H,7-10,15H2,2H3,(H,26,29);1-3H,(H3,9,10,11). The number of hydrogen-bond donors (Lipinski definition) is 6. The molecule has 408 valence electrons. The van der Waals surface area contributed by atoms with E-state index in [2.05, 4.69) is 91.0 Å². The number of aromatic amines is 2. The molecule has 0 bridgehead atoms. The number of amides is 2. The number of rotatable bonds is 8. The minimum absolute atomic E-state index is 0.0950. The predicted octanol–water partition coefficient (Wildman–Crippen LogP) is 10.00. The van der Waals surface area contributed by atoms with Crippen LogP contribution in [0.2, 0.25) is 0 Å². The van der Waals surface area contributed by atoms with Crippen LogP contribution in [0.3, 0.4) is 0 Å². The zero-order valence-corrected chi connectivity index (χ0v) is 45.2. The van der Waals surface area contributed by atoms with Crippen molar-refractivity contribution in [3.05, 3.63) is 175 Å². The highest BCUT2D eigenvalue weighted by molar-refractivity contribution is 14.1. The molecule has 21 heteroatoms. The number of nitrogens with one attached hydrogen (secondary N) is 4. The topological polar surface area (TPSA) is 181 Å². The van der Waals surface area contributed by atoms with Crippen LogP contribution in [0.25, 0.3) is 21.8 Å². The van der Waals surface area contributed by atoms with Crippen molar-refractivity contribution in [1.82, 2.24) is 40.0 Å². The van der Waals surface area contributed by atoms with Gasteiger partial charge in [0.1, 0.15) is 0 Å². The van der Waals surface area contributed by atoms with Crippen LogP contribution in [0.1, 0.15) is 59.7 Å². The van der Waals surface area contributed by atoms with Crippen molar-refractivity contribution in [2.24, 2.45) is 0 Å². The molecular formula is C58H55F6IN12O2. The van der Waals surface area contributed by atoms with Crippen molar-refractivity contribution in [3.63, 3.8) is 0 Å². The molecule has 14 nitrogen and oxygen atoms in total. The van der Waals surface area contributed by atoms with Gasteiger partial charge in [0.15, 0.2) is 11.6 Å². The Hall–Kier alpha value is -7.93. The number of nitrogen functional groups attached to an aromatic ring is 2. The number of piperazine rings is 2. The zero-order valence-electron chi connectivity index (χ0n) is 43.0. The number of benzene rings is 6. The summed E-state index contributed by atoms with van der Waals surface area (Å²) in [6.07, 6.45) is -3.69. The van der Waals surface area contributed by atoms with E-state index in [1.807, 2.05) is 50.5 Å². The summed E-state index contributed by atoms with van der Waals surface area (Å²) in [4.78, 5) is 34.1. The van der Waals surface area contributed by atoms with Gasteiger partial charge in [0.05, 0.1) is 32.9 Å². The maximum atomic E-state index is 13.7. The van der Waals surface area contributed by atoms with E-state index < -0.39 is 35.3 Å². The number of carbonyl (C=O) groups excluding carboxylic acids is 2. The van der Waals surface area contributed by atoms with E-state index >= 15 is 0 Å². The number of likely N-dealkylation sites (N-methyl/N-ethyl adjacent to an activating group) is 2. The third kappa shape index (κ3) is 15.4. The number of carbonyl (C=O) groups is 2. The Balaban J connectivity index is 0.000000179. The first kappa shape index (κ1) is 57.3. The molecule has 0 atom stereocenters. The molecule has 2 saturated heterocycles. The summed E-state index contributed by atoms with van der Waals surface area (Å²) in [7, 11) is 4.04. The molecule has 0 spiro atoms. The summed E-state index contributed by atoms with van der Waals surface area (Å²) in [5.74, 6) is 8.42. The number of nitrogens with zero attached hydrogens (tertiary/aromatic N) is 6. The zero-order chi connectivity index (χ0) is 56.4. The Morgan fingerprint density at radius 2 is 1.04 bits per heavy atom. The SMILES string of the molecule is C#Cc1cccc(C(=O)Nc2cc(CN3CCN(C)CC3)cc(C(F)(F)F)c2)c1.CN1CCN(Cc2cc(NC(=O)c3cccc(C#Cc4cccc5[nH]nc(N)c45)c3)cc(C(F)(F)F)c2)CC1.Nc1n[nH]c2cccc(I)c12. The van der Waals surface area contributed by atoms with E-state index in [1.54, 1.807) is 54.6 Å². The molecule has 2 aliphatic rings. The molecule has 2 aromatic heterocycles. The average molecular weight is 1190 g/mol. The summed E-state index contributed by atoms with van der Waals surface area (Å²) in [6.45, 7) is 7.32. The van der Waals surface area contributed by atoms with Crippen LogP contribution < -0.4 is 22.1 Å². The fraction of sp³-hybridized carbons (Fsp3) is 0.241. The Bertz CT molecular complexity index is 3580. The molecule has 0 unspecified atom stereocenters. The number of nitrogens with two attached hydrogens (primary N) is 2. The molecule has 6 aromatic carbocycles. The first-order valence-electron chi connectivity index (χ1n) is 24.9. The average Bonchev–Trinajstić information content (AvgIpc) is 4.07. The highest BCUT2D eigenvalue weighted by Crippen LogP contribution is 2.34. The van der Waals surface area contributed by atoms with Gasteiger partial charge in [-0.05, 0) is 145 Å². The third-order valence-electron chi connectivity index (χ3n) is 13.1. The van der Waals surface area contributed by atoms with Gasteiger partial charge in [0.25, 0.3) is 11.8 Å². The third-order valence-corrected chi connectivity index (χ3v) is 14.0. The van der Waals surface area contributed by atoms with E-state index in [0.29, 0.717) is 58.1 Å². The second-order valence-electron chi connectivity index (χ2n) is 19.1. The normalized spacial score (nSPS) is 14.5. The summed E-state index contributed by atoms with van der Waals surface area (Å²) in [5.41, 5.74) is 15.3. The van der Waals surface area contributed by atoms with Crippen molar-refractivity contribution >= 4 is 79.2 Å². The van der Waals surface area contributed by atoms with Crippen molar-refractivity contribution in [3.8, 4) is 24.2 Å². The molecule has 4 heterocycles. The van der Waals surface area contributed by atoms with E-state index in [9.17, 15) is 35.9 Å². The highest BCUT2D eigenvalue weighted by Gasteiger charge is 2.33. The van der Waals surface area contributed by atoms with Crippen LogP contribution in [-0.2, 0) is 25.4 Å². The largest absolute Gasteiger partial charge is 0.416 e. The number of terminal acetylenes is 1. The van der Waals surface area contributed by atoms with E-state index in [1.165, 1.54) is 6.07 Å². The number of anilines is 4. The van der Waals surface area contributed by atoms with Gasteiger partial charge in [0, 0.05) is 108 Å². The summed E-state index contributed by atoms with van der Waals surface area (Å²) < 4.78 is 82.2. The minimum Gasteiger partial charge on any atom is -0.382 e. The van der Waals surface area contributed by atoms with Gasteiger partial charge < -0.3 is 31.9 Å². The van der Waals surface area contributed by atoms with E-state index in [0.717, 1.165) is 102 Å². The van der Waals surface area contributed by atoms with Gasteiger partial charge in [0.2, 0.25) is 0 Å². The number of halogens is 7. The maximum absolute atomic E-state index is 13.7. The Morgan fingerprint density at radius 3 is 1.52 bits per heavy atom. The summed E-state index contributed by atoms with van der Waals surface area (Å²) in [5, 5.41) is 20.6. The lowest BCUT2D eigenvalue weighted by atomic mass is 10.1. The number of H-pyrrole nitrogens is 2. The minimum atomic E-state index is -4.53. The van der Waals surface area contributed by atoms with E-state index in [4.69, 9.17) is 17.9 Å². The van der Waals surface area contributed by atoms with Crippen molar-refractivity contribution in [1.29, 1.82) is 0 Å². The lowest BCUT2D eigenvalue weighted by molar-refractivity contribution is -0.138. The number of hydrogen-bond acceptors (Lipinski definition) is 10. The van der Waals surface area contributed by atoms with Crippen LogP contribution >= 0.6 is 22.6 Å². The Labute approximate surface area is 466 Å². The van der Waals surface area contributed by atoms with Gasteiger partial charge in [-0.15, -0.1) is 6.42 Å². The second-order valence-corrected chi connectivity index (χ2v) is 20.2. The van der Waals surface area contributed by atoms with Gasteiger partial charge in [-0.3, -0.25) is 29.6 Å². The monoisotopic (exact) mass is 1190 g/mol. The van der Waals surface area contributed by atoms with Crippen LogP contribution in [0.5, 0.6) is 0 Å². The van der Waals surface area contributed by atoms with Gasteiger partial charge >= 0.3 is 12.4 Å². The molecule has 2 aliphatic heterocycles. The molecule has 0 radical (unpaired) electrons. The van der Waals surface area contributed by atoms with Crippen LogP contribution in [0.4, 0.5) is 49.4 Å². The van der Waals surface area contributed by atoms with Crippen LogP contribution in [0, 0.1) is 27.8 Å². The quantitative estimate of drug-likeness (QED) is 0.0487. The fourth-order valence-electron chi connectivity index (χ4n) is 8.86. The molecule has 8 aromatic rings. The van der Waals surface area contributed by atoms with Crippen LogP contribution in [0.15, 0.2) is 121 Å². The lowest BCUT2D eigenvalue weighted by Crippen LogP contribution is -2.43. The molecule has 0 saturated carbocycles. The first-order valence-corrected chi connectivity index (χ1v) is 25.9. The molecule has 79 heavy (non-hydrogen) atoms. The highest BCUT2D eigenvalue weighted by atomic mass is 127. The first-order chi connectivity index (χ1) is 37.7. The maximum Gasteiger partial charge on any atom is 0.416 e.